The Labute approximate surface area is 111 Å². The van der Waals surface area contributed by atoms with E-state index >= 15 is 0 Å². The van der Waals surface area contributed by atoms with Crippen molar-refractivity contribution in [1.29, 1.82) is 0 Å². The van der Waals surface area contributed by atoms with Crippen LogP contribution in [0.4, 0.5) is 14.5 Å². The number of nitrogens with zero attached hydrogens (tertiary/aromatic N) is 1. The number of pyridine rings is 1. The standard InChI is InChI=1S/C15H16F2N2/c1-3-15(13-5-4-11(16)9-14(13)17)19-12-6-7-18-10(2)8-12/h4-9,15H,3H2,1-2H3,(H,18,19). The monoisotopic (exact) mass is 262 g/mol. The molecule has 1 N–H and O–H groups in total. The van der Waals surface area contributed by atoms with Crippen LogP contribution in [0.2, 0.25) is 0 Å². The fraction of sp³-hybridized carbons (Fsp3) is 0.267. The SMILES string of the molecule is CCC(Nc1ccnc(C)c1)c1ccc(F)cc1F. The van der Waals surface area contributed by atoms with Crippen molar-refractivity contribution < 1.29 is 8.78 Å². The first-order chi connectivity index (χ1) is 9.10. The van der Waals surface area contributed by atoms with Crippen LogP contribution in [0.1, 0.15) is 30.6 Å². The Morgan fingerprint density at radius 2 is 2.00 bits per heavy atom. The fourth-order valence-corrected chi connectivity index (χ4v) is 2.02. The van der Waals surface area contributed by atoms with Gasteiger partial charge in [0.1, 0.15) is 11.6 Å². The predicted molar refractivity (Wildman–Crippen MR) is 72.0 cm³/mol. The van der Waals surface area contributed by atoms with E-state index in [4.69, 9.17) is 0 Å². The molecule has 1 unspecified atom stereocenters. The summed E-state index contributed by atoms with van der Waals surface area (Å²) in [6.45, 7) is 3.85. The minimum absolute atomic E-state index is 0.192. The second-order valence-electron chi connectivity index (χ2n) is 4.46. The number of halogens is 2. The minimum atomic E-state index is -0.559. The van der Waals surface area contributed by atoms with Crippen molar-refractivity contribution >= 4 is 5.69 Å². The van der Waals surface area contributed by atoms with Gasteiger partial charge in [-0.05, 0) is 31.5 Å². The highest BCUT2D eigenvalue weighted by molar-refractivity contribution is 5.45. The molecule has 100 valence electrons. The van der Waals surface area contributed by atoms with Crippen molar-refractivity contribution in [2.24, 2.45) is 0 Å². The Balaban J connectivity index is 2.25. The van der Waals surface area contributed by atoms with Gasteiger partial charge >= 0.3 is 0 Å². The van der Waals surface area contributed by atoms with E-state index in [1.54, 1.807) is 6.20 Å². The van der Waals surface area contributed by atoms with Gasteiger partial charge in [-0.3, -0.25) is 4.98 Å². The normalized spacial score (nSPS) is 12.2. The van der Waals surface area contributed by atoms with Crippen LogP contribution in [-0.2, 0) is 0 Å². The zero-order chi connectivity index (χ0) is 13.8. The van der Waals surface area contributed by atoms with Gasteiger partial charge in [0.25, 0.3) is 0 Å². The van der Waals surface area contributed by atoms with Gasteiger partial charge in [0.2, 0.25) is 0 Å². The Bertz CT molecular complexity index is 570. The average molecular weight is 262 g/mol. The van der Waals surface area contributed by atoms with E-state index in [9.17, 15) is 8.78 Å². The molecule has 0 amide bonds. The van der Waals surface area contributed by atoms with Crippen LogP contribution >= 0.6 is 0 Å². The van der Waals surface area contributed by atoms with Crippen LogP contribution in [0.3, 0.4) is 0 Å². The molecule has 0 saturated carbocycles. The van der Waals surface area contributed by atoms with Gasteiger partial charge in [-0.1, -0.05) is 13.0 Å². The Morgan fingerprint density at radius 1 is 1.21 bits per heavy atom. The Kier molecular flexibility index (Phi) is 4.10. The third-order valence-corrected chi connectivity index (χ3v) is 2.98. The molecule has 0 aliphatic rings. The molecule has 1 atom stereocenters. The highest BCUT2D eigenvalue weighted by Crippen LogP contribution is 2.25. The van der Waals surface area contributed by atoms with Gasteiger partial charge < -0.3 is 5.32 Å². The number of aryl methyl sites for hydroxylation is 1. The molecule has 0 aliphatic heterocycles. The summed E-state index contributed by atoms with van der Waals surface area (Å²) in [5, 5.41) is 3.24. The lowest BCUT2D eigenvalue weighted by atomic mass is 10.0. The second kappa shape index (κ2) is 5.78. The zero-order valence-corrected chi connectivity index (χ0v) is 11.0. The molecule has 0 aliphatic carbocycles. The summed E-state index contributed by atoms with van der Waals surface area (Å²) in [6.07, 6.45) is 2.40. The molecule has 0 saturated heterocycles. The lowest BCUT2D eigenvalue weighted by molar-refractivity contribution is 0.558. The quantitative estimate of drug-likeness (QED) is 0.891. The van der Waals surface area contributed by atoms with Crippen molar-refractivity contribution in [3.63, 3.8) is 0 Å². The zero-order valence-electron chi connectivity index (χ0n) is 11.0. The molecule has 19 heavy (non-hydrogen) atoms. The largest absolute Gasteiger partial charge is 0.378 e. The van der Waals surface area contributed by atoms with Crippen LogP contribution in [0.5, 0.6) is 0 Å². The van der Waals surface area contributed by atoms with Crippen LogP contribution in [-0.4, -0.2) is 4.98 Å². The maximum atomic E-state index is 13.8. The fourth-order valence-electron chi connectivity index (χ4n) is 2.02. The van der Waals surface area contributed by atoms with E-state index in [0.717, 1.165) is 17.4 Å². The van der Waals surface area contributed by atoms with Crippen molar-refractivity contribution in [1.82, 2.24) is 4.98 Å². The van der Waals surface area contributed by atoms with Crippen LogP contribution < -0.4 is 5.32 Å². The van der Waals surface area contributed by atoms with Gasteiger partial charge in [-0.25, -0.2) is 8.78 Å². The van der Waals surface area contributed by atoms with Crippen molar-refractivity contribution in [3.05, 3.63) is 59.4 Å². The summed E-state index contributed by atoms with van der Waals surface area (Å²) < 4.78 is 26.7. The van der Waals surface area contributed by atoms with E-state index in [-0.39, 0.29) is 6.04 Å². The first-order valence-electron chi connectivity index (χ1n) is 6.24. The third-order valence-electron chi connectivity index (χ3n) is 2.98. The van der Waals surface area contributed by atoms with E-state index in [2.05, 4.69) is 10.3 Å². The number of hydrogen-bond donors (Lipinski definition) is 1. The topological polar surface area (TPSA) is 24.9 Å². The summed E-state index contributed by atoms with van der Waals surface area (Å²) in [6, 6.07) is 7.21. The molecule has 0 spiro atoms. The van der Waals surface area contributed by atoms with Crippen LogP contribution in [0, 0.1) is 18.6 Å². The maximum absolute atomic E-state index is 13.8. The van der Waals surface area contributed by atoms with Crippen molar-refractivity contribution in [2.45, 2.75) is 26.3 Å². The molecule has 2 rings (SSSR count). The van der Waals surface area contributed by atoms with E-state index in [1.807, 2.05) is 26.0 Å². The van der Waals surface area contributed by atoms with E-state index in [1.165, 1.54) is 12.1 Å². The molecule has 1 aromatic carbocycles. The number of rotatable bonds is 4. The summed E-state index contributed by atoms with van der Waals surface area (Å²) >= 11 is 0. The van der Waals surface area contributed by atoms with Gasteiger partial charge in [-0.2, -0.15) is 0 Å². The number of aromatic nitrogens is 1. The Hall–Kier alpha value is -1.97. The van der Waals surface area contributed by atoms with Gasteiger partial charge in [-0.15, -0.1) is 0 Å². The average Bonchev–Trinajstić information content (AvgIpc) is 2.37. The van der Waals surface area contributed by atoms with Crippen LogP contribution in [0.25, 0.3) is 0 Å². The molecular weight excluding hydrogens is 246 g/mol. The number of anilines is 1. The first-order valence-corrected chi connectivity index (χ1v) is 6.24. The van der Waals surface area contributed by atoms with Gasteiger partial charge in [0.05, 0.1) is 6.04 Å². The Morgan fingerprint density at radius 3 is 2.63 bits per heavy atom. The first kappa shape index (κ1) is 13.5. The molecule has 1 aromatic heterocycles. The van der Waals surface area contributed by atoms with E-state index < -0.39 is 11.6 Å². The summed E-state index contributed by atoms with van der Waals surface area (Å²) in [5.74, 6) is -1.08. The number of nitrogens with one attached hydrogen (secondary N) is 1. The summed E-state index contributed by atoms with van der Waals surface area (Å²) in [4.78, 5) is 4.11. The third kappa shape index (κ3) is 3.28. The molecular formula is C15H16F2N2. The lowest BCUT2D eigenvalue weighted by Crippen LogP contribution is -2.12. The maximum Gasteiger partial charge on any atom is 0.131 e. The molecule has 1 heterocycles. The number of benzene rings is 1. The molecule has 2 nitrogen and oxygen atoms in total. The van der Waals surface area contributed by atoms with Gasteiger partial charge in [0, 0.05) is 29.2 Å². The summed E-state index contributed by atoms with van der Waals surface area (Å²) in [7, 11) is 0. The van der Waals surface area contributed by atoms with E-state index in [0.29, 0.717) is 12.0 Å². The molecule has 4 heteroatoms. The second-order valence-corrected chi connectivity index (χ2v) is 4.46. The van der Waals surface area contributed by atoms with Crippen LogP contribution in [0.15, 0.2) is 36.5 Å². The molecule has 2 aromatic rings. The lowest BCUT2D eigenvalue weighted by Gasteiger charge is -2.19. The predicted octanol–water partition coefficient (Wildman–Crippen LogP) is 4.23. The molecule has 0 bridgehead atoms. The van der Waals surface area contributed by atoms with Crippen molar-refractivity contribution in [2.75, 3.05) is 5.32 Å². The van der Waals surface area contributed by atoms with Gasteiger partial charge in [0.15, 0.2) is 0 Å². The molecule has 0 radical (unpaired) electrons. The minimum Gasteiger partial charge on any atom is -0.378 e. The highest BCUT2D eigenvalue weighted by atomic mass is 19.1. The smallest absolute Gasteiger partial charge is 0.131 e. The summed E-state index contributed by atoms with van der Waals surface area (Å²) in [5.41, 5.74) is 2.24. The molecule has 0 fully saturated rings. The highest BCUT2D eigenvalue weighted by Gasteiger charge is 2.14. The number of hydrogen-bond acceptors (Lipinski definition) is 2. The van der Waals surface area contributed by atoms with Crippen molar-refractivity contribution in [3.8, 4) is 0 Å².